The predicted octanol–water partition coefficient (Wildman–Crippen LogP) is 4.44. The van der Waals surface area contributed by atoms with Crippen molar-refractivity contribution in [1.82, 2.24) is 0 Å². The summed E-state index contributed by atoms with van der Waals surface area (Å²) < 4.78 is 25.3. The number of nitro benzene ring substituents is 1. The van der Waals surface area contributed by atoms with Crippen molar-refractivity contribution in [3.63, 3.8) is 0 Å². The molecule has 0 spiro atoms. The minimum atomic E-state index is -3.78. The molecule has 9 nitrogen and oxygen atoms in total. The summed E-state index contributed by atoms with van der Waals surface area (Å²) in [5.74, 6) is -2.02. The molecule has 0 bridgehead atoms. The van der Waals surface area contributed by atoms with E-state index in [1.165, 1.54) is 54.6 Å². The van der Waals surface area contributed by atoms with Crippen LogP contribution in [0.3, 0.4) is 0 Å². The van der Waals surface area contributed by atoms with E-state index in [1.807, 2.05) is 0 Å². The molecule has 33 heavy (non-hydrogen) atoms. The Labute approximate surface area is 189 Å². The number of carboxylic acid groups (broad SMARTS) is 2. The van der Waals surface area contributed by atoms with Gasteiger partial charge in [-0.3, -0.25) is 10.1 Å². The summed E-state index contributed by atoms with van der Waals surface area (Å²) in [7, 11) is -3.78. The van der Waals surface area contributed by atoms with Gasteiger partial charge in [0.15, 0.2) is 0 Å². The molecule has 0 saturated carbocycles. The third kappa shape index (κ3) is 6.58. The standard InChI is InChI=1S/C19H13NO6S.C4H6O2/c21-19(22)15-5-11-18(12-6-15)27(25,26)17-9-3-14(4-10-17)13-1-7-16(8-2-13)20(23)24;1-2-3-4(5)6/h1-12H,(H,21,22);2-3H,1H3,(H,5,6). The van der Waals surface area contributed by atoms with Crippen molar-refractivity contribution in [2.75, 3.05) is 0 Å². The van der Waals surface area contributed by atoms with Crippen LogP contribution in [-0.2, 0) is 14.6 Å². The van der Waals surface area contributed by atoms with Crippen LogP contribution >= 0.6 is 0 Å². The second-order valence-electron chi connectivity index (χ2n) is 6.50. The van der Waals surface area contributed by atoms with Crippen LogP contribution in [0.15, 0.2) is 94.7 Å². The fraction of sp³-hybridized carbons (Fsp3) is 0.0435. The molecule has 0 unspecified atom stereocenters. The molecule has 3 rings (SSSR count). The Morgan fingerprint density at radius 2 is 1.24 bits per heavy atom. The van der Waals surface area contributed by atoms with Crippen LogP contribution in [0.4, 0.5) is 5.69 Å². The first-order valence-corrected chi connectivity index (χ1v) is 10.8. The number of carboxylic acids is 2. The molecule has 10 heteroatoms. The number of hydrogen-bond donors (Lipinski definition) is 2. The lowest BCUT2D eigenvalue weighted by Crippen LogP contribution is -2.03. The van der Waals surface area contributed by atoms with Crippen LogP contribution in [0, 0.1) is 10.1 Å². The first kappa shape index (κ1) is 25.0. The molecule has 0 saturated heterocycles. The summed E-state index contributed by atoms with van der Waals surface area (Å²) in [6, 6.07) is 17.0. The lowest BCUT2D eigenvalue weighted by Gasteiger charge is -2.07. The van der Waals surface area contributed by atoms with Crippen LogP contribution in [0.2, 0.25) is 0 Å². The number of allylic oxidation sites excluding steroid dienone is 1. The molecule has 0 amide bonds. The molecule has 2 N–H and O–H groups in total. The molecule has 170 valence electrons. The maximum atomic E-state index is 12.7. The van der Waals surface area contributed by atoms with Gasteiger partial charge in [0.1, 0.15) is 0 Å². The van der Waals surface area contributed by atoms with Gasteiger partial charge in [-0.25, -0.2) is 18.0 Å². The van der Waals surface area contributed by atoms with Gasteiger partial charge < -0.3 is 10.2 Å². The first-order valence-electron chi connectivity index (χ1n) is 9.35. The van der Waals surface area contributed by atoms with Crippen LogP contribution < -0.4 is 0 Å². The Morgan fingerprint density at radius 3 is 1.58 bits per heavy atom. The number of rotatable bonds is 6. The SMILES string of the molecule is CC=CC(=O)O.O=C(O)c1ccc(S(=O)(=O)c2ccc(-c3ccc([N+](=O)[O-])cc3)cc2)cc1. The number of sulfone groups is 1. The highest BCUT2D eigenvalue weighted by Crippen LogP contribution is 2.26. The van der Waals surface area contributed by atoms with E-state index >= 15 is 0 Å². The van der Waals surface area contributed by atoms with E-state index in [-0.39, 0.29) is 21.0 Å². The Kier molecular flexibility index (Phi) is 8.18. The predicted molar refractivity (Wildman–Crippen MR) is 120 cm³/mol. The Bertz CT molecular complexity index is 1280. The van der Waals surface area contributed by atoms with E-state index < -0.39 is 26.7 Å². The minimum absolute atomic E-state index is 0.00229. The molecule has 0 atom stereocenters. The van der Waals surface area contributed by atoms with E-state index in [0.717, 1.165) is 11.6 Å². The van der Waals surface area contributed by atoms with Gasteiger partial charge in [0, 0.05) is 18.2 Å². The summed E-state index contributed by atoms with van der Waals surface area (Å²) >= 11 is 0. The highest BCUT2D eigenvalue weighted by atomic mass is 32.2. The van der Waals surface area contributed by atoms with Crippen LogP contribution in [-0.4, -0.2) is 35.5 Å². The highest BCUT2D eigenvalue weighted by Gasteiger charge is 2.18. The maximum absolute atomic E-state index is 12.7. The van der Waals surface area contributed by atoms with Gasteiger partial charge in [0.25, 0.3) is 5.69 Å². The minimum Gasteiger partial charge on any atom is -0.478 e. The Balaban J connectivity index is 0.000000569. The van der Waals surface area contributed by atoms with Crippen molar-refractivity contribution in [2.24, 2.45) is 0 Å². The molecule has 0 heterocycles. The molecule has 0 aliphatic heterocycles. The number of nitrogens with zero attached hydrogens (tertiary/aromatic N) is 1. The fourth-order valence-electron chi connectivity index (χ4n) is 2.66. The van der Waals surface area contributed by atoms with Crippen LogP contribution in [0.25, 0.3) is 11.1 Å². The van der Waals surface area contributed by atoms with Crippen molar-refractivity contribution in [1.29, 1.82) is 0 Å². The molecular formula is C23H19NO8S. The van der Waals surface area contributed by atoms with Gasteiger partial charge >= 0.3 is 11.9 Å². The Hall–Kier alpha value is -4.31. The molecule has 0 aliphatic carbocycles. The number of non-ortho nitro benzene ring substituents is 1. The molecular weight excluding hydrogens is 450 g/mol. The van der Waals surface area contributed by atoms with Crippen molar-refractivity contribution in [3.8, 4) is 11.1 Å². The van der Waals surface area contributed by atoms with Crippen molar-refractivity contribution >= 4 is 27.5 Å². The van der Waals surface area contributed by atoms with E-state index in [9.17, 15) is 28.1 Å². The first-order chi connectivity index (χ1) is 15.6. The average molecular weight is 469 g/mol. The van der Waals surface area contributed by atoms with Gasteiger partial charge in [-0.2, -0.15) is 0 Å². The zero-order valence-corrected chi connectivity index (χ0v) is 18.1. The third-order valence-electron chi connectivity index (χ3n) is 4.30. The number of aliphatic carboxylic acids is 1. The molecule has 3 aromatic rings. The largest absolute Gasteiger partial charge is 0.478 e. The van der Waals surface area contributed by atoms with Gasteiger partial charge in [-0.05, 0) is 66.6 Å². The van der Waals surface area contributed by atoms with E-state index in [4.69, 9.17) is 10.2 Å². The number of aromatic carboxylic acids is 1. The number of benzene rings is 3. The summed E-state index contributed by atoms with van der Waals surface area (Å²) in [6.45, 7) is 1.66. The molecule has 0 radical (unpaired) electrons. The van der Waals surface area contributed by atoms with Crippen LogP contribution in [0.1, 0.15) is 17.3 Å². The van der Waals surface area contributed by atoms with E-state index in [1.54, 1.807) is 31.2 Å². The zero-order chi connectivity index (χ0) is 24.6. The van der Waals surface area contributed by atoms with Gasteiger partial charge in [0.05, 0.1) is 20.3 Å². The lowest BCUT2D eigenvalue weighted by molar-refractivity contribution is -0.384. The second kappa shape index (κ2) is 10.8. The highest BCUT2D eigenvalue weighted by molar-refractivity contribution is 7.91. The second-order valence-corrected chi connectivity index (χ2v) is 8.45. The Morgan fingerprint density at radius 1 is 0.818 bits per heavy atom. The van der Waals surface area contributed by atoms with Gasteiger partial charge in [-0.1, -0.05) is 18.2 Å². The van der Waals surface area contributed by atoms with Crippen molar-refractivity contribution < 1.29 is 33.1 Å². The van der Waals surface area contributed by atoms with Crippen molar-refractivity contribution in [2.45, 2.75) is 16.7 Å². The third-order valence-corrected chi connectivity index (χ3v) is 6.08. The summed E-state index contributed by atoms with van der Waals surface area (Å²) in [5, 5.41) is 27.4. The van der Waals surface area contributed by atoms with Gasteiger partial charge in [-0.15, -0.1) is 0 Å². The van der Waals surface area contributed by atoms with Crippen LogP contribution in [0.5, 0.6) is 0 Å². The van der Waals surface area contributed by atoms with Crippen molar-refractivity contribution in [3.05, 3.63) is 101 Å². The normalized spacial score (nSPS) is 10.8. The van der Waals surface area contributed by atoms with E-state index in [2.05, 4.69) is 0 Å². The van der Waals surface area contributed by atoms with E-state index in [0.29, 0.717) is 5.56 Å². The summed E-state index contributed by atoms with van der Waals surface area (Å²) in [6.07, 6.45) is 2.56. The molecule has 0 aliphatic rings. The maximum Gasteiger partial charge on any atom is 0.335 e. The average Bonchev–Trinajstić information content (AvgIpc) is 2.79. The smallest absolute Gasteiger partial charge is 0.335 e. The fourth-order valence-corrected chi connectivity index (χ4v) is 3.92. The number of carbonyl (C=O) groups is 2. The zero-order valence-electron chi connectivity index (χ0n) is 17.3. The summed E-state index contributed by atoms with van der Waals surface area (Å²) in [4.78, 5) is 30.7. The lowest BCUT2D eigenvalue weighted by atomic mass is 10.1. The number of nitro groups is 1. The molecule has 0 fully saturated rings. The molecule has 0 aromatic heterocycles. The van der Waals surface area contributed by atoms with Gasteiger partial charge in [0.2, 0.25) is 9.84 Å². The summed E-state index contributed by atoms with van der Waals surface area (Å²) in [5.41, 5.74) is 1.41. The number of hydrogen-bond acceptors (Lipinski definition) is 6. The monoisotopic (exact) mass is 469 g/mol. The topological polar surface area (TPSA) is 152 Å². The quantitative estimate of drug-likeness (QED) is 0.305. The molecule has 3 aromatic carbocycles.